The molecule has 8 heteroatoms. The summed E-state index contributed by atoms with van der Waals surface area (Å²) in [5.41, 5.74) is 0. The number of hydrogen-bond donors (Lipinski definition) is 2. The molecule has 2 rings (SSSR count). The van der Waals surface area contributed by atoms with Crippen LogP contribution in [0.5, 0.6) is 11.8 Å². The lowest BCUT2D eigenvalue weighted by Gasteiger charge is -2.07. The predicted octanol–water partition coefficient (Wildman–Crippen LogP) is 0.153. The molecule has 0 bridgehead atoms. The van der Waals surface area contributed by atoms with Crippen molar-refractivity contribution in [3.63, 3.8) is 0 Å². The van der Waals surface area contributed by atoms with Crippen molar-refractivity contribution in [2.75, 3.05) is 19.5 Å². The van der Waals surface area contributed by atoms with Gasteiger partial charge in [-0.05, 0) is 6.42 Å². The zero-order chi connectivity index (χ0) is 14.0. The van der Waals surface area contributed by atoms with E-state index in [1.165, 1.54) is 20.3 Å². The van der Waals surface area contributed by atoms with Gasteiger partial charge < -0.3 is 14.6 Å². The number of carbonyl (C=O) groups is 2. The Hall–Kier alpha value is -2.38. The van der Waals surface area contributed by atoms with Crippen LogP contribution in [0.4, 0.5) is 5.95 Å². The quantitative estimate of drug-likeness (QED) is 0.781. The molecule has 1 heterocycles. The average Bonchev–Trinajstić information content (AvgIpc) is 3.18. The summed E-state index contributed by atoms with van der Waals surface area (Å²) >= 11 is 0. The van der Waals surface area contributed by atoms with E-state index in [2.05, 4.69) is 15.3 Å². The Balaban J connectivity index is 2.07. The Morgan fingerprint density at radius 2 is 1.84 bits per heavy atom. The summed E-state index contributed by atoms with van der Waals surface area (Å²) in [6.07, 6.45) is 0.336. The average molecular weight is 267 g/mol. The van der Waals surface area contributed by atoms with Gasteiger partial charge in [0, 0.05) is 0 Å². The van der Waals surface area contributed by atoms with Crippen LogP contribution in [0.1, 0.15) is 6.42 Å². The molecule has 0 saturated heterocycles. The molecule has 0 aromatic carbocycles. The van der Waals surface area contributed by atoms with Crippen molar-refractivity contribution in [3.05, 3.63) is 6.07 Å². The van der Waals surface area contributed by atoms with Crippen molar-refractivity contribution < 1.29 is 24.2 Å². The van der Waals surface area contributed by atoms with E-state index in [1.807, 2.05) is 0 Å². The minimum atomic E-state index is -0.968. The number of amides is 1. The second kappa shape index (κ2) is 5.09. The number of nitrogens with zero attached hydrogens (tertiary/aromatic N) is 2. The third-order valence-electron chi connectivity index (χ3n) is 2.78. The second-order valence-electron chi connectivity index (χ2n) is 4.05. The van der Waals surface area contributed by atoms with Crippen molar-refractivity contribution in [1.29, 1.82) is 0 Å². The number of aromatic nitrogens is 2. The van der Waals surface area contributed by atoms with Gasteiger partial charge in [0.1, 0.15) is 0 Å². The highest BCUT2D eigenvalue weighted by Gasteiger charge is 2.48. The molecule has 0 spiro atoms. The summed E-state index contributed by atoms with van der Waals surface area (Å²) < 4.78 is 9.88. The van der Waals surface area contributed by atoms with Crippen LogP contribution < -0.4 is 14.8 Å². The molecule has 19 heavy (non-hydrogen) atoms. The van der Waals surface area contributed by atoms with E-state index in [1.54, 1.807) is 0 Å². The molecule has 2 N–H and O–H groups in total. The highest BCUT2D eigenvalue weighted by atomic mass is 16.5. The van der Waals surface area contributed by atoms with Crippen LogP contribution in [0.2, 0.25) is 0 Å². The molecule has 1 fully saturated rings. The van der Waals surface area contributed by atoms with Gasteiger partial charge in [-0.15, -0.1) is 0 Å². The summed E-state index contributed by atoms with van der Waals surface area (Å²) in [7, 11) is 2.85. The molecule has 1 amide bonds. The maximum absolute atomic E-state index is 11.8. The van der Waals surface area contributed by atoms with Crippen molar-refractivity contribution in [3.8, 4) is 11.8 Å². The van der Waals surface area contributed by atoms with E-state index in [4.69, 9.17) is 14.6 Å². The van der Waals surface area contributed by atoms with Gasteiger partial charge in [0.15, 0.2) is 0 Å². The first kappa shape index (κ1) is 13.1. The first-order chi connectivity index (χ1) is 9.05. The first-order valence-electron chi connectivity index (χ1n) is 5.56. The van der Waals surface area contributed by atoms with Gasteiger partial charge in [0.05, 0.1) is 32.1 Å². The Labute approximate surface area is 108 Å². The zero-order valence-corrected chi connectivity index (χ0v) is 10.4. The van der Waals surface area contributed by atoms with E-state index in [0.29, 0.717) is 6.42 Å². The van der Waals surface area contributed by atoms with E-state index >= 15 is 0 Å². The van der Waals surface area contributed by atoms with E-state index in [-0.39, 0.29) is 17.7 Å². The molecule has 8 nitrogen and oxygen atoms in total. The van der Waals surface area contributed by atoms with Gasteiger partial charge in [-0.25, -0.2) is 0 Å². The predicted molar refractivity (Wildman–Crippen MR) is 63.0 cm³/mol. The van der Waals surface area contributed by atoms with Crippen LogP contribution in [-0.4, -0.2) is 41.2 Å². The molecule has 0 radical (unpaired) electrons. The molecular formula is C11H13N3O5. The van der Waals surface area contributed by atoms with E-state index in [0.717, 1.165) is 0 Å². The normalized spacial score (nSPS) is 20.5. The second-order valence-corrected chi connectivity index (χ2v) is 4.05. The lowest BCUT2D eigenvalue weighted by Crippen LogP contribution is -2.18. The number of ether oxygens (including phenoxy) is 2. The van der Waals surface area contributed by atoms with Crippen LogP contribution in [-0.2, 0) is 9.59 Å². The number of carboxylic acids is 1. The van der Waals surface area contributed by atoms with Gasteiger partial charge in [-0.1, -0.05) is 0 Å². The molecule has 1 saturated carbocycles. The molecule has 2 atom stereocenters. The maximum Gasteiger partial charge on any atom is 0.307 e. The lowest BCUT2D eigenvalue weighted by molar-refractivity contribution is -0.139. The molecular weight excluding hydrogens is 254 g/mol. The van der Waals surface area contributed by atoms with Gasteiger partial charge in [-0.2, -0.15) is 9.97 Å². The summed E-state index contributed by atoms with van der Waals surface area (Å²) in [4.78, 5) is 30.3. The number of anilines is 1. The van der Waals surface area contributed by atoms with Gasteiger partial charge in [0.2, 0.25) is 23.6 Å². The minimum Gasteiger partial charge on any atom is -0.481 e. The van der Waals surface area contributed by atoms with Crippen molar-refractivity contribution >= 4 is 17.8 Å². The largest absolute Gasteiger partial charge is 0.481 e. The first-order valence-corrected chi connectivity index (χ1v) is 5.56. The minimum absolute atomic E-state index is 0.0252. The summed E-state index contributed by atoms with van der Waals surface area (Å²) in [6.45, 7) is 0. The highest BCUT2D eigenvalue weighted by molar-refractivity contribution is 5.97. The Morgan fingerprint density at radius 3 is 2.26 bits per heavy atom. The van der Waals surface area contributed by atoms with E-state index < -0.39 is 23.7 Å². The summed E-state index contributed by atoms with van der Waals surface area (Å²) in [5.74, 6) is -2.02. The topological polar surface area (TPSA) is 111 Å². The zero-order valence-electron chi connectivity index (χ0n) is 10.4. The molecule has 1 aromatic heterocycles. The smallest absolute Gasteiger partial charge is 0.307 e. The fourth-order valence-corrected chi connectivity index (χ4v) is 1.63. The number of carboxylic acid groups (broad SMARTS) is 1. The molecule has 0 aliphatic heterocycles. The number of methoxy groups -OCH3 is 2. The lowest BCUT2D eigenvalue weighted by atomic mass is 10.3. The molecule has 0 unspecified atom stereocenters. The van der Waals surface area contributed by atoms with Crippen LogP contribution in [0.15, 0.2) is 6.07 Å². The monoisotopic (exact) mass is 267 g/mol. The van der Waals surface area contributed by atoms with Gasteiger partial charge in [-0.3, -0.25) is 14.9 Å². The number of rotatable bonds is 5. The molecule has 1 aliphatic rings. The van der Waals surface area contributed by atoms with Crippen molar-refractivity contribution in [1.82, 2.24) is 9.97 Å². The van der Waals surface area contributed by atoms with Gasteiger partial charge >= 0.3 is 5.97 Å². The fraction of sp³-hybridized carbons (Fsp3) is 0.455. The van der Waals surface area contributed by atoms with Crippen molar-refractivity contribution in [2.24, 2.45) is 11.8 Å². The van der Waals surface area contributed by atoms with E-state index in [9.17, 15) is 9.59 Å². The standard InChI is InChI=1S/C11H13N3O5/c1-18-7-4-8(19-2)13-11(12-7)14-9(15)5-3-6(5)10(16)17/h4-6H,3H2,1-2H3,(H,16,17)(H,12,13,14,15)/t5-,6+/m1/s1. The van der Waals surface area contributed by atoms with Gasteiger partial charge in [0.25, 0.3) is 0 Å². The molecule has 102 valence electrons. The third-order valence-corrected chi connectivity index (χ3v) is 2.78. The summed E-state index contributed by atoms with van der Waals surface area (Å²) in [5, 5.41) is 11.2. The number of nitrogens with one attached hydrogen (secondary N) is 1. The number of carbonyl (C=O) groups excluding carboxylic acids is 1. The molecule has 1 aromatic rings. The third kappa shape index (κ3) is 2.90. The Bertz CT molecular complexity index is 497. The summed E-state index contributed by atoms with van der Waals surface area (Å²) in [6, 6.07) is 1.47. The Morgan fingerprint density at radius 1 is 1.26 bits per heavy atom. The van der Waals surface area contributed by atoms with Crippen LogP contribution in [0.25, 0.3) is 0 Å². The SMILES string of the molecule is COc1cc(OC)nc(NC(=O)[C@@H]2C[C@@H]2C(=O)O)n1. The van der Waals surface area contributed by atoms with Crippen LogP contribution in [0, 0.1) is 11.8 Å². The molecule has 1 aliphatic carbocycles. The van der Waals surface area contributed by atoms with Crippen LogP contribution >= 0.6 is 0 Å². The maximum atomic E-state index is 11.8. The van der Waals surface area contributed by atoms with Crippen LogP contribution in [0.3, 0.4) is 0 Å². The fourth-order valence-electron chi connectivity index (χ4n) is 1.63. The Kier molecular flexibility index (Phi) is 3.50. The van der Waals surface area contributed by atoms with Crippen molar-refractivity contribution in [2.45, 2.75) is 6.42 Å². The number of aliphatic carboxylic acids is 1. The highest BCUT2D eigenvalue weighted by Crippen LogP contribution is 2.39. The number of hydrogen-bond acceptors (Lipinski definition) is 6.